The van der Waals surface area contributed by atoms with E-state index >= 15 is 0 Å². The molecule has 0 aliphatic carbocycles. The molecule has 2 aliphatic rings. The maximum atomic E-state index is 14.0. The van der Waals surface area contributed by atoms with Crippen LogP contribution in [0.1, 0.15) is 18.4 Å². The Labute approximate surface area is 189 Å². The highest BCUT2D eigenvalue weighted by molar-refractivity contribution is 5.93. The molecular formula is C24H26F5N3O. The first kappa shape index (κ1) is 23.5. The fraction of sp³-hybridized carbons (Fsp3) is 0.458. The summed E-state index contributed by atoms with van der Waals surface area (Å²) in [6.45, 7) is 2.23. The van der Waals surface area contributed by atoms with E-state index in [9.17, 15) is 22.0 Å². The lowest BCUT2D eigenvalue weighted by Crippen LogP contribution is -2.48. The molecule has 2 aromatic rings. The average Bonchev–Trinajstić information content (AvgIpc) is 3.24. The Hall–Kier alpha value is -2.68. The molecule has 0 spiro atoms. The summed E-state index contributed by atoms with van der Waals surface area (Å²) in [6, 6.07) is 16.1. The molecule has 2 aromatic carbocycles. The first-order valence-electron chi connectivity index (χ1n) is 11.0. The molecule has 0 bridgehead atoms. The minimum absolute atomic E-state index is 0.179. The van der Waals surface area contributed by atoms with Crippen LogP contribution >= 0.6 is 0 Å². The van der Waals surface area contributed by atoms with Crippen LogP contribution in [0.3, 0.4) is 0 Å². The molecule has 4 nitrogen and oxygen atoms in total. The lowest BCUT2D eigenvalue weighted by atomic mass is 9.97. The zero-order chi connectivity index (χ0) is 23.5. The van der Waals surface area contributed by atoms with Crippen molar-refractivity contribution < 1.29 is 26.7 Å². The van der Waals surface area contributed by atoms with E-state index in [4.69, 9.17) is 4.74 Å². The van der Waals surface area contributed by atoms with Crippen molar-refractivity contribution in [3.63, 3.8) is 0 Å². The number of alkyl halides is 5. The number of nitrogens with zero attached hydrogens (tertiary/aromatic N) is 3. The number of benzene rings is 2. The molecule has 0 radical (unpaired) electrons. The number of rotatable bonds is 6. The van der Waals surface area contributed by atoms with E-state index in [2.05, 4.69) is 22.0 Å². The Balaban J connectivity index is 1.38. The number of hydrogen-bond donors (Lipinski definition) is 0. The highest BCUT2D eigenvalue weighted by Gasteiger charge is 2.64. The van der Waals surface area contributed by atoms with Crippen molar-refractivity contribution in [2.24, 2.45) is 10.9 Å². The summed E-state index contributed by atoms with van der Waals surface area (Å²) < 4.78 is 72.5. The maximum absolute atomic E-state index is 14.0. The van der Waals surface area contributed by atoms with Gasteiger partial charge >= 0.3 is 12.1 Å². The number of para-hydroxylation sites is 1. The summed E-state index contributed by atoms with van der Waals surface area (Å²) >= 11 is 0. The molecule has 178 valence electrons. The molecule has 0 N–H and O–H groups in total. The van der Waals surface area contributed by atoms with Crippen molar-refractivity contribution in [2.45, 2.75) is 37.5 Å². The van der Waals surface area contributed by atoms with E-state index in [1.165, 1.54) is 10.5 Å². The molecule has 0 amide bonds. The minimum atomic E-state index is -5.68. The number of anilines is 1. The molecule has 0 saturated carbocycles. The Bertz CT molecular complexity index is 928. The molecule has 9 heteroatoms. The SMILES string of the molecule is FC(F)(F)C(F)(F)C1CN(c2ccccc2)C(OCC2CCN(Cc3ccccc3)CC2)=N1. The maximum Gasteiger partial charge on any atom is 0.455 e. The van der Waals surface area contributed by atoms with E-state index < -0.39 is 24.7 Å². The van der Waals surface area contributed by atoms with Crippen LogP contribution in [0, 0.1) is 5.92 Å². The zero-order valence-corrected chi connectivity index (χ0v) is 18.0. The number of likely N-dealkylation sites (tertiary alicyclic amines) is 1. The highest BCUT2D eigenvalue weighted by Crippen LogP contribution is 2.41. The molecular weight excluding hydrogens is 441 g/mol. The van der Waals surface area contributed by atoms with Gasteiger partial charge in [-0.05, 0) is 49.5 Å². The number of hydrogen-bond acceptors (Lipinski definition) is 4. The van der Waals surface area contributed by atoms with Gasteiger partial charge in [-0.25, -0.2) is 4.99 Å². The summed E-state index contributed by atoms with van der Waals surface area (Å²) in [5.74, 6) is -4.76. The summed E-state index contributed by atoms with van der Waals surface area (Å²) in [6.07, 6.45) is -3.97. The second-order valence-electron chi connectivity index (χ2n) is 8.51. The van der Waals surface area contributed by atoms with E-state index in [0.29, 0.717) is 5.69 Å². The van der Waals surface area contributed by atoms with Gasteiger partial charge in [-0.3, -0.25) is 9.80 Å². The number of amidine groups is 1. The normalized spacial score (nSPS) is 20.7. The molecule has 1 saturated heterocycles. The summed E-state index contributed by atoms with van der Waals surface area (Å²) in [7, 11) is 0. The predicted molar refractivity (Wildman–Crippen MR) is 116 cm³/mol. The molecule has 4 rings (SSSR count). The van der Waals surface area contributed by atoms with Gasteiger partial charge in [-0.2, -0.15) is 22.0 Å². The molecule has 33 heavy (non-hydrogen) atoms. The third-order valence-corrected chi connectivity index (χ3v) is 6.12. The van der Waals surface area contributed by atoms with Crippen LogP contribution in [0.15, 0.2) is 65.7 Å². The van der Waals surface area contributed by atoms with Crippen molar-refractivity contribution in [1.29, 1.82) is 0 Å². The van der Waals surface area contributed by atoms with E-state index in [0.717, 1.165) is 32.5 Å². The lowest BCUT2D eigenvalue weighted by molar-refractivity contribution is -0.287. The lowest BCUT2D eigenvalue weighted by Gasteiger charge is -2.32. The minimum Gasteiger partial charge on any atom is -0.465 e. The number of ether oxygens (including phenoxy) is 1. The molecule has 2 aliphatic heterocycles. The largest absolute Gasteiger partial charge is 0.465 e. The fourth-order valence-corrected chi connectivity index (χ4v) is 4.16. The van der Waals surface area contributed by atoms with Gasteiger partial charge in [0, 0.05) is 12.2 Å². The topological polar surface area (TPSA) is 28.1 Å². The quantitative estimate of drug-likeness (QED) is 0.536. The van der Waals surface area contributed by atoms with Crippen LogP contribution in [-0.4, -0.2) is 55.3 Å². The third kappa shape index (κ3) is 5.46. The second kappa shape index (κ2) is 9.67. The van der Waals surface area contributed by atoms with Crippen LogP contribution in [-0.2, 0) is 11.3 Å². The van der Waals surface area contributed by atoms with Gasteiger partial charge < -0.3 is 4.74 Å². The Morgan fingerprint density at radius 2 is 1.48 bits per heavy atom. The molecule has 0 aromatic heterocycles. The Kier molecular flexibility index (Phi) is 6.88. The molecule has 2 heterocycles. The van der Waals surface area contributed by atoms with Crippen LogP contribution in [0.2, 0.25) is 0 Å². The van der Waals surface area contributed by atoms with Gasteiger partial charge in [0.2, 0.25) is 0 Å². The van der Waals surface area contributed by atoms with Gasteiger partial charge in [0.05, 0.1) is 13.2 Å². The van der Waals surface area contributed by atoms with Crippen LogP contribution < -0.4 is 4.90 Å². The van der Waals surface area contributed by atoms with Crippen molar-refractivity contribution in [2.75, 3.05) is 31.1 Å². The number of piperidine rings is 1. The average molecular weight is 467 g/mol. The van der Waals surface area contributed by atoms with E-state index in [-0.39, 0.29) is 18.5 Å². The third-order valence-electron chi connectivity index (χ3n) is 6.12. The first-order valence-corrected chi connectivity index (χ1v) is 11.0. The zero-order valence-electron chi connectivity index (χ0n) is 18.0. The van der Waals surface area contributed by atoms with Gasteiger partial charge in [0.15, 0.2) is 0 Å². The van der Waals surface area contributed by atoms with Crippen molar-refractivity contribution >= 4 is 11.7 Å². The van der Waals surface area contributed by atoms with Gasteiger partial charge in [0.25, 0.3) is 6.02 Å². The second-order valence-corrected chi connectivity index (χ2v) is 8.51. The Morgan fingerprint density at radius 1 is 0.879 bits per heavy atom. The van der Waals surface area contributed by atoms with Crippen LogP contribution in [0.4, 0.5) is 27.6 Å². The Morgan fingerprint density at radius 3 is 2.09 bits per heavy atom. The summed E-state index contributed by atoms with van der Waals surface area (Å²) in [5, 5.41) is 0. The standard InChI is InChI=1S/C24H26F5N3O/c25-23(26,24(27,28)29)21-16-32(20-9-5-2-6-10-20)22(30-21)33-17-19-11-13-31(14-12-19)15-18-7-3-1-4-8-18/h1-10,19,21H,11-17H2. The van der Waals surface area contributed by atoms with E-state index in [1.54, 1.807) is 30.3 Å². The molecule has 1 unspecified atom stereocenters. The van der Waals surface area contributed by atoms with E-state index in [1.807, 2.05) is 18.2 Å². The van der Waals surface area contributed by atoms with Crippen molar-refractivity contribution in [3.8, 4) is 0 Å². The first-order chi connectivity index (χ1) is 15.7. The van der Waals surface area contributed by atoms with Gasteiger partial charge in [-0.15, -0.1) is 0 Å². The monoisotopic (exact) mass is 467 g/mol. The molecule has 1 fully saturated rings. The van der Waals surface area contributed by atoms with Crippen LogP contribution in [0.5, 0.6) is 0 Å². The smallest absolute Gasteiger partial charge is 0.455 e. The van der Waals surface area contributed by atoms with Crippen molar-refractivity contribution in [3.05, 3.63) is 66.2 Å². The highest BCUT2D eigenvalue weighted by atomic mass is 19.4. The van der Waals surface area contributed by atoms with Gasteiger partial charge in [0.1, 0.15) is 6.04 Å². The van der Waals surface area contributed by atoms with Crippen molar-refractivity contribution in [1.82, 2.24) is 4.90 Å². The number of halogens is 5. The fourth-order valence-electron chi connectivity index (χ4n) is 4.16. The predicted octanol–water partition coefficient (Wildman–Crippen LogP) is 5.36. The molecule has 1 atom stereocenters. The van der Waals surface area contributed by atoms with Gasteiger partial charge in [-0.1, -0.05) is 48.5 Å². The summed E-state index contributed by atoms with van der Waals surface area (Å²) in [4.78, 5) is 7.32. The summed E-state index contributed by atoms with van der Waals surface area (Å²) in [5.41, 5.74) is 1.71. The van der Waals surface area contributed by atoms with Crippen LogP contribution in [0.25, 0.3) is 0 Å². The number of aliphatic imine (C=N–C) groups is 1.